The summed E-state index contributed by atoms with van der Waals surface area (Å²) in [5, 5.41) is 3.46. The molecular weight excluding hydrogens is 194 g/mol. The molecule has 0 saturated carbocycles. The molecule has 0 aliphatic carbocycles. The van der Waals surface area contributed by atoms with Gasteiger partial charge >= 0.3 is 0 Å². The van der Waals surface area contributed by atoms with E-state index in [1.807, 2.05) is 0 Å². The van der Waals surface area contributed by atoms with Crippen molar-refractivity contribution in [2.45, 2.75) is 46.5 Å². The van der Waals surface area contributed by atoms with Crippen molar-refractivity contribution in [3.05, 3.63) is 34.9 Å². The van der Waals surface area contributed by atoms with E-state index >= 15 is 0 Å². The van der Waals surface area contributed by atoms with Gasteiger partial charge in [0, 0.05) is 0 Å². The number of benzene rings is 1. The Morgan fingerprint density at radius 1 is 1.06 bits per heavy atom. The number of aryl methyl sites for hydroxylation is 2. The summed E-state index contributed by atoms with van der Waals surface area (Å²) in [6, 6.07) is 6.88. The second-order valence-corrected chi connectivity index (χ2v) is 4.86. The average Bonchev–Trinajstić information content (AvgIpc) is 2.22. The Labute approximate surface area is 100 Å². The molecule has 0 bridgehead atoms. The number of hydrogen-bond donors (Lipinski definition) is 1. The first-order valence-electron chi connectivity index (χ1n) is 6.42. The summed E-state index contributed by atoms with van der Waals surface area (Å²) in [6.45, 7) is 11.2. The Morgan fingerprint density at radius 3 is 2.25 bits per heavy atom. The third-order valence-electron chi connectivity index (χ3n) is 2.99. The summed E-state index contributed by atoms with van der Waals surface area (Å²) in [5.41, 5.74) is 4.24. The van der Waals surface area contributed by atoms with E-state index in [9.17, 15) is 0 Å². The van der Waals surface area contributed by atoms with Gasteiger partial charge in [0.1, 0.15) is 0 Å². The number of rotatable bonds is 6. The van der Waals surface area contributed by atoms with Crippen LogP contribution in [0.3, 0.4) is 0 Å². The van der Waals surface area contributed by atoms with Crippen LogP contribution >= 0.6 is 0 Å². The van der Waals surface area contributed by atoms with Crippen LogP contribution in [-0.4, -0.2) is 13.1 Å². The minimum absolute atomic E-state index is 0.656. The van der Waals surface area contributed by atoms with E-state index in [2.05, 4.69) is 51.2 Å². The van der Waals surface area contributed by atoms with E-state index in [-0.39, 0.29) is 0 Å². The van der Waals surface area contributed by atoms with Crippen LogP contribution in [0.1, 0.15) is 49.3 Å². The van der Waals surface area contributed by atoms with E-state index in [1.165, 1.54) is 29.5 Å². The van der Waals surface area contributed by atoms with Crippen LogP contribution in [0, 0.1) is 13.8 Å². The Balaban J connectivity index is 2.48. The standard InChI is InChI=1S/C15H25N/c1-5-7-16-8-6-14(4)15-10-12(2)9-13(3)11-15/h9-11,14,16H,5-8H2,1-4H3. The van der Waals surface area contributed by atoms with Gasteiger partial charge in [-0.15, -0.1) is 0 Å². The molecule has 1 unspecified atom stereocenters. The van der Waals surface area contributed by atoms with Gasteiger partial charge in [-0.1, -0.05) is 43.2 Å². The van der Waals surface area contributed by atoms with E-state index in [0.29, 0.717) is 5.92 Å². The Bertz CT molecular complexity index is 297. The van der Waals surface area contributed by atoms with Crippen molar-refractivity contribution < 1.29 is 0 Å². The molecule has 1 rings (SSSR count). The van der Waals surface area contributed by atoms with Crippen molar-refractivity contribution in [1.82, 2.24) is 5.32 Å². The van der Waals surface area contributed by atoms with Gasteiger partial charge in [-0.2, -0.15) is 0 Å². The smallest absolute Gasteiger partial charge is 0.00432 e. The molecule has 1 nitrogen and oxygen atoms in total. The van der Waals surface area contributed by atoms with Gasteiger partial charge in [-0.05, 0) is 51.3 Å². The van der Waals surface area contributed by atoms with Gasteiger partial charge in [0.05, 0.1) is 0 Å². The minimum atomic E-state index is 0.656. The molecule has 0 aromatic heterocycles. The Morgan fingerprint density at radius 2 is 1.69 bits per heavy atom. The van der Waals surface area contributed by atoms with Gasteiger partial charge in [-0.3, -0.25) is 0 Å². The molecule has 90 valence electrons. The van der Waals surface area contributed by atoms with Crippen molar-refractivity contribution in [2.24, 2.45) is 0 Å². The Kier molecular flexibility index (Phi) is 5.54. The fraction of sp³-hybridized carbons (Fsp3) is 0.600. The summed E-state index contributed by atoms with van der Waals surface area (Å²) in [5.74, 6) is 0.656. The maximum absolute atomic E-state index is 3.46. The van der Waals surface area contributed by atoms with Crippen molar-refractivity contribution in [2.75, 3.05) is 13.1 Å². The molecular formula is C15H25N. The number of hydrogen-bond acceptors (Lipinski definition) is 1. The summed E-state index contributed by atoms with van der Waals surface area (Å²) >= 11 is 0. The minimum Gasteiger partial charge on any atom is -0.317 e. The quantitative estimate of drug-likeness (QED) is 0.718. The van der Waals surface area contributed by atoms with Gasteiger partial charge in [0.25, 0.3) is 0 Å². The first-order chi connectivity index (χ1) is 7.63. The zero-order valence-electron chi connectivity index (χ0n) is 11.1. The lowest BCUT2D eigenvalue weighted by atomic mass is 9.94. The fourth-order valence-corrected chi connectivity index (χ4v) is 2.08. The molecule has 0 radical (unpaired) electrons. The Hall–Kier alpha value is -0.820. The van der Waals surface area contributed by atoms with E-state index in [1.54, 1.807) is 0 Å². The zero-order chi connectivity index (χ0) is 12.0. The van der Waals surface area contributed by atoms with Crippen LogP contribution in [0.25, 0.3) is 0 Å². The van der Waals surface area contributed by atoms with Crippen LogP contribution < -0.4 is 5.32 Å². The predicted molar refractivity (Wildman–Crippen MR) is 72.1 cm³/mol. The molecule has 0 spiro atoms. The first-order valence-corrected chi connectivity index (χ1v) is 6.42. The lowest BCUT2D eigenvalue weighted by Gasteiger charge is -2.14. The van der Waals surface area contributed by atoms with Gasteiger partial charge < -0.3 is 5.32 Å². The normalized spacial score (nSPS) is 12.8. The van der Waals surface area contributed by atoms with Crippen LogP contribution in [0.15, 0.2) is 18.2 Å². The summed E-state index contributed by atoms with van der Waals surface area (Å²) in [7, 11) is 0. The molecule has 0 amide bonds. The third-order valence-corrected chi connectivity index (χ3v) is 2.99. The molecule has 1 aromatic carbocycles. The van der Waals surface area contributed by atoms with Crippen LogP contribution in [0.2, 0.25) is 0 Å². The molecule has 0 fully saturated rings. The average molecular weight is 219 g/mol. The highest BCUT2D eigenvalue weighted by molar-refractivity contribution is 5.30. The molecule has 1 aromatic rings. The highest BCUT2D eigenvalue weighted by Crippen LogP contribution is 2.21. The van der Waals surface area contributed by atoms with E-state index in [0.717, 1.165) is 13.1 Å². The molecule has 1 N–H and O–H groups in total. The van der Waals surface area contributed by atoms with Crippen molar-refractivity contribution in [3.8, 4) is 0 Å². The first kappa shape index (κ1) is 13.2. The maximum Gasteiger partial charge on any atom is -0.00432 e. The largest absolute Gasteiger partial charge is 0.317 e. The lowest BCUT2D eigenvalue weighted by molar-refractivity contribution is 0.590. The zero-order valence-corrected chi connectivity index (χ0v) is 11.1. The van der Waals surface area contributed by atoms with Gasteiger partial charge in [-0.25, -0.2) is 0 Å². The predicted octanol–water partition coefficient (Wildman–Crippen LogP) is 3.80. The van der Waals surface area contributed by atoms with Crippen LogP contribution in [0.5, 0.6) is 0 Å². The summed E-state index contributed by atoms with van der Waals surface area (Å²) in [6.07, 6.45) is 2.45. The molecule has 0 aliphatic rings. The van der Waals surface area contributed by atoms with Crippen molar-refractivity contribution >= 4 is 0 Å². The second-order valence-electron chi connectivity index (χ2n) is 4.86. The second kappa shape index (κ2) is 6.70. The molecule has 1 heteroatoms. The van der Waals surface area contributed by atoms with Crippen molar-refractivity contribution in [3.63, 3.8) is 0 Å². The molecule has 0 aliphatic heterocycles. The SMILES string of the molecule is CCCNCCC(C)c1cc(C)cc(C)c1. The van der Waals surface area contributed by atoms with E-state index in [4.69, 9.17) is 0 Å². The van der Waals surface area contributed by atoms with Gasteiger partial charge in [0.15, 0.2) is 0 Å². The topological polar surface area (TPSA) is 12.0 Å². The number of nitrogens with one attached hydrogen (secondary N) is 1. The maximum atomic E-state index is 3.46. The van der Waals surface area contributed by atoms with Gasteiger partial charge in [0.2, 0.25) is 0 Å². The summed E-state index contributed by atoms with van der Waals surface area (Å²) < 4.78 is 0. The molecule has 1 atom stereocenters. The van der Waals surface area contributed by atoms with E-state index < -0.39 is 0 Å². The molecule has 0 saturated heterocycles. The monoisotopic (exact) mass is 219 g/mol. The lowest BCUT2D eigenvalue weighted by Crippen LogP contribution is -2.17. The van der Waals surface area contributed by atoms with Crippen LogP contribution in [0.4, 0.5) is 0 Å². The fourth-order valence-electron chi connectivity index (χ4n) is 2.08. The van der Waals surface area contributed by atoms with Crippen LogP contribution in [-0.2, 0) is 0 Å². The summed E-state index contributed by atoms with van der Waals surface area (Å²) in [4.78, 5) is 0. The highest BCUT2D eigenvalue weighted by Gasteiger charge is 2.05. The molecule has 16 heavy (non-hydrogen) atoms. The molecule has 0 heterocycles. The third kappa shape index (κ3) is 4.36. The highest BCUT2D eigenvalue weighted by atomic mass is 14.8. The van der Waals surface area contributed by atoms with Crippen molar-refractivity contribution in [1.29, 1.82) is 0 Å².